The van der Waals surface area contributed by atoms with E-state index >= 15 is 0 Å². The zero-order valence-corrected chi connectivity index (χ0v) is 9.07. The maximum Gasteiger partial charge on any atom is 0.206 e. The lowest BCUT2D eigenvalue weighted by Crippen LogP contribution is -2.44. The SMILES string of the molecule is CC(C)NC(=NCc1ccncc1)NN. The minimum absolute atomic E-state index is 0.303. The quantitative estimate of drug-likeness (QED) is 0.290. The molecule has 0 unspecified atom stereocenters. The lowest BCUT2D eigenvalue weighted by molar-refractivity contribution is 0.702. The van der Waals surface area contributed by atoms with E-state index < -0.39 is 0 Å². The zero-order chi connectivity index (χ0) is 11.1. The summed E-state index contributed by atoms with van der Waals surface area (Å²) in [5.41, 5.74) is 3.63. The first-order chi connectivity index (χ1) is 7.22. The van der Waals surface area contributed by atoms with Crippen LogP contribution in [0, 0.1) is 0 Å². The summed E-state index contributed by atoms with van der Waals surface area (Å²) >= 11 is 0. The molecule has 0 amide bonds. The van der Waals surface area contributed by atoms with E-state index in [4.69, 9.17) is 5.84 Å². The van der Waals surface area contributed by atoms with Crippen molar-refractivity contribution in [2.45, 2.75) is 26.4 Å². The molecule has 0 aliphatic heterocycles. The molecule has 0 bridgehead atoms. The summed E-state index contributed by atoms with van der Waals surface area (Å²) in [5, 5.41) is 3.10. The highest BCUT2D eigenvalue weighted by atomic mass is 15.3. The van der Waals surface area contributed by atoms with Crippen LogP contribution in [0.4, 0.5) is 0 Å². The molecule has 0 radical (unpaired) electrons. The number of rotatable bonds is 3. The Morgan fingerprint density at radius 1 is 1.47 bits per heavy atom. The Morgan fingerprint density at radius 3 is 2.67 bits per heavy atom. The number of hydrazine groups is 1. The Bertz CT molecular complexity index is 307. The third-order valence-corrected chi connectivity index (χ3v) is 1.73. The lowest BCUT2D eigenvalue weighted by atomic mass is 10.3. The van der Waals surface area contributed by atoms with Crippen molar-refractivity contribution in [3.05, 3.63) is 30.1 Å². The molecule has 4 N–H and O–H groups in total. The lowest BCUT2D eigenvalue weighted by Gasteiger charge is -2.11. The summed E-state index contributed by atoms with van der Waals surface area (Å²) in [7, 11) is 0. The fourth-order valence-corrected chi connectivity index (χ4v) is 1.06. The molecule has 0 fully saturated rings. The maximum absolute atomic E-state index is 5.33. The van der Waals surface area contributed by atoms with E-state index in [0.717, 1.165) is 5.56 Å². The molecule has 0 aliphatic rings. The number of nitrogens with one attached hydrogen (secondary N) is 2. The molecule has 0 aromatic carbocycles. The first-order valence-corrected chi connectivity index (χ1v) is 4.89. The molecule has 0 aliphatic carbocycles. The number of hydrogen-bond acceptors (Lipinski definition) is 3. The van der Waals surface area contributed by atoms with E-state index in [1.165, 1.54) is 0 Å². The minimum atomic E-state index is 0.303. The Morgan fingerprint density at radius 2 is 2.13 bits per heavy atom. The summed E-state index contributed by atoms with van der Waals surface area (Å²) in [6, 6.07) is 4.15. The van der Waals surface area contributed by atoms with Crippen molar-refractivity contribution >= 4 is 5.96 Å². The van der Waals surface area contributed by atoms with E-state index in [1.54, 1.807) is 12.4 Å². The van der Waals surface area contributed by atoms with Crippen LogP contribution in [0.1, 0.15) is 19.4 Å². The molecule has 1 aromatic heterocycles. The van der Waals surface area contributed by atoms with E-state index in [2.05, 4.69) is 20.7 Å². The molecule has 0 saturated heterocycles. The number of hydrogen-bond donors (Lipinski definition) is 3. The minimum Gasteiger partial charge on any atom is -0.353 e. The van der Waals surface area contributed by atoms with Gasteiger partial charge in [0.2, 0.25) is 5.96 Å². The average molecular weight is 207 g/mol. The Kier molecular flexibility index (Phi) is 4.56. The van der Waals surface area contributed by atoms with Gasteiger partial charge in [-0.1, -0.05) is 0 Å². The molecule has 0 atom stereocenters. The monoisotopic (exact) mass is 207 g/mol. The van der Waals surface area contributed by atoms with Gasteiger partial charge in [-0.15, -0.1) is 0 Å². The van der Waals surface area contributed by atoms with Crippen LogP contribution in [0.25, 0.3) is 0 Å². The zero-order valence-electron chi connectivity index (χ0n) is 9.07. The van der Waals surface area contributed by atoms with Gasteiger partial charge in [0.25, 0.3) is 0 Å². The van der Waals surface area contributed by atoms with Crippen LogP contribution in [0.2, 0.25) is 0 Å². The van der Waals surface area contributed by atoms with Crippen LogP contribution in [-0.2, 0) is 6.54 Å². The summed E-state index contributed by atoms with van der Waals surface area (Å²) in [4.78, 5) is 8.23. The second-order valence-electron chi connectivity index (χ2n) is 3.46. The van der Waals surface area contributed by atoms with Crippen LogP contribution in [0.15, 0.2) is 29.5 Å². The van der Waals surface area contributed by atoms with Gasteiger partial charge in [0.15, 0.2) is 0 Å². The molecule has 0 spiro atoms. The van der Waals surface area contributed by atoms with Crippen molar-refractivity contribution in [1.29, 1.82) is 0 Å². The largest absolute Gasteiger partial charge is 0.353 e. The van der Waals surface area contributed by atoms with Gasteiger partial charge < -0.3 is 5.32 Å². The number of nitrogens with two attached hydrogens (primary N) is 1. The van der Waals surface area contributed by atoms with E-state index in [0.29, 0.717) is 18.5 Å². The predicted octanol–water partition coefficient (Wildman–Crippen LogP) is 0.399. The molecule has 0 saturated carbocycles. The highest BCUT2D eigenvalue weighted by molar-refractivity contribution is 5.79. The molecule has 15 heavy (non-hydrogen) atoms. The van der Waals surface area contributed by atoms with Gasteiger partial charge >= 0.3 is 0 Å². The summed E-state index contributed by atoms with van der Waals surface area (Å²) in [6.45, 7) is 4.64. The highest BCUT2D eigenvalue weighted by Gasteiger charge is 1.97. The molecule has 5 nitrogen and oxygen atoms in total. The molecule has 1 aromatic rings. The van der Waals surface area contributed by atoms with Crippen molar-refractivity contribution in [3.8, 4) is 0 Å². The second kappa shape index (κ2) is 5.98. The van der Waals surface area contributed by atoms with Crippen LogP contribution in [0.3, 0.4) is 0 Å². The number of aromatic nitrogens is 1. The van der Waals surface area contributed by atoms with Crippen molar-refractivity contribution in [2.24, 2.45) is 10.8 Å². The van der Waals surface area contributed by atoms with Gasteiger partial charge in [-0.2, -0.15) is 0 Å². The van der Waals surface area contributed by atoms with Gasteiger partial charge in [0.1, 0.15) is 0 Å². The number of aliphatic imine (C=N–C) groups is 1. The van der Waals surface area contributed by atoms with Crippen LogP contribution in [-0.4, -0.2) is 17.0 Å². The smallest absolute Gasteiger partial charge is 0.206 e. The molecule has 1 heterocycles. The molecular formula is C10H17N5. The second-order valence-corrected chi connectivity index (χ2v) is 3.46. The number of pyridine rings is 1. The molecular weight excluding hydrogens is 190 g/mol. The van der Waals surface area contributed by atoms with Crippen molar-refractivity contribution in [1.82, 2.24) is 15.7 Å². The Labute approximate surface area is 89.8 Å². The summed E-state index contributed by atoms with van der Waals surface area (Å²) in [6.07, 6.45) is 3.49. The van der Waals surface area contributed by atoms with Crippen molar-refractivity contribution in [2.75, 3.05) is 0 Å². The first kappa shape index (κ1) is 11.5. The fraction of sp³-hybridized carbons (Fsp3) is 0.400. The standard InChI is InChI=1S/C10H17N5/c1-8(2)14-10(15-11)13-7-9-3-5-12-6-4-9/h3-6,8H,7,11H2,1-2H3,(H2,13,14,15). The van der Waals surface area contributed by atoms with E-state index in [-0.39, 0.29) is 0 Å². The summed E-state index contributed by atoms with van der Waals surface area (Å²) < 4.78 is 0. The van der Waals surface area contributed by atoms with Crippen molar-refractivity contribution < 1.29 is 0 Å². The summed E-state index contributed by atoms with van der Waals surface area (Å²) in [5.74, 6) is 5.93. The highest BCUT2D eigenvalue weighted by Crippen LogP contribution is 1.97. The van der Waals surface area contributed by atoms with Gasteiger partial charge in [-0.3, -0.25) is 10.4 Å². The number of nitrogens with zero attached hydrogens (tertiary/aromatic N) is 2. The van der Waals surface area contributed by atoms with Crippen LogP contribution in [0.5, 0.6) is 0 Å². The maximum atomic E-state index is 5.33. The van der Waals surface area contributed by atoms with Crippen molar-refractivity contribution in [3.63, 3.8) is 0 Å². The first-order valence-electron chi connectivity index (χ1n) is 4.89. The van der Waals surface area contributed by atoms with E-state index in [1.807, 2.05) is 26.0 Å². The number of guanidine groups is 1. The van der Waals surface area contributed by atoms with Gasteiger partial charge in [0, 0.05) is 18.4 Å². The molecule has 5 heteroatoms. The molecule has 1 rings (SSSR count). The normalized spacial score (nSPS) is 11.6. The Hall–Kier alpha value is -1.62. The third kappa shape index (κ3) is 4.42. The van der Waals surface area contributed by atoms with E-state index in [9.17, 15) is 0 Å². The fourth-order valence-electron chi connectivity index (χ4n) is 1.06. The van der Waals surface area contributed by atoms with Gasteiger partial charge in [0.05, 0.1) is 6.54 Å². The van der Waals surface area contributed by atoms with Gasteiger partial charge in [-0.25, -0.2) is 10.8 Å². The Balaban J connectivity index is 2.54. The average Bonchev–Trinajstić information content (AvgIpc) is 2.25. The third-order valence-electron chi connectivity index (χ3n) is 1.73. The van der Waals surface area contributed by atoms with Crippen LogP contribution >= 0.6 is 0 Å². The predicted molar refractivity (Wildman–Crippen MR) is 61.0 cm³/mol. The molecule has 82 valence electrons. The van der Waals surface area contributed by atoms with Crippen LogP contribution < -0.4 is 16.6 Å². The topological polar surface area (TPSA) is 75.3 Å². The van der Waals surface area contributed by atoms with Gasteiger partial charge in [-0.05, 0) is 31.5 Å².